The van der Waals surface area contributed by atoms with Gasteiger partial charge in [-0.1, -0.05) is 13.8 Å². The summed E-state index contributed by atoms with van der Waals surface area (Å²) in [6.07, 6.45) is 2.37. The first-order chi connectivity index (χ1) is 7.29. The van der Waals surface area contributed by atoms with Gasteiger partial charge in [0.1, 0.15) is 0 Å². The van der Waals surface area contributed by atoms with Crippen molar-refractivity contribution >= 4 is 0 Å². The van der Waals surface area contributed by atoms with Gasteiger partial charge in [-0.25, -0.2) is 0 Å². The maximum Gasteiger partial charge on any atom is 0.0590 e. The molecular formula is C12H25NO2. The second-order valence-corrected chi connectivity index (χ2v) is 4.73. The Morgan fingerprint density at radius 1 is 1.40 bits per heavy atom. The van der Waals surface area contributed by atoms with E-state index in [-0.39, 0.29) is 0 Å². The highest BCUT2D eigenvalue weighted by Crippen LogP contribution is 2.10. The lowest BCUT2D eigenvalue weighted by molar-refractivity contribution is 0.124. The summed E-state index contributed by atoms with van der Waals surface area (Å²) in [4.78, 5) is 0. The molecule has 0 aliphatic carbocycles. The average Bonchev–Trinajstić information content (AvgIpc) is 2.68. The Bertz CT molecular complexity index is 145. The van der Waals surface area contributed by atoms with Gasteiger partial charge in [0.05, 0.1) is 13.2 Å². The number of nitrogens with one attached hydrogen (secondary N) is 1. The summed E-state index contributed by atoms with van der Waals surface area (Å²) in [5.41, 5.74) is 0. The van der Waals surface area contributed by atoms with Gasteiger partial charge in [-0.2, -0.15) is 0 Å². The Hall–Kier alpha value is -0.120. The van der Waals surface area contributed by atoms with Crippen molar-refractivity contribution in [2.24, 2.45) is 11.8 Å². The Morgan fingerprint density at radius 3 is 2.93 bits per heavy atom. The molecule has 1 N–H and O–H groups in total. The third-order valence-corrected chi connectivity index (χ3v) is 2.72. The van der Waals surface area contributed by atoms with Crippen LogP contribution in [0.15, 0.2) is 0 Å². The zero-order valence-corrected chi connectivity index (χ0v) is 10.1. The van der Waals surface area contributed by atoms with Crippen molar-refractivity contribution < 1.29 is 9.47 Å². The van der Waals surface area contributed by atoms with Crippen LogP contribution in [-0.4, -0.2) is 39.5 Å². The minimum atomic E-state index is 0.723. The molecular weight excluding hydrogens is 190 g/mol. The van der Waals surface area contributed by atoms with E-state index >= 15 is 0 Å². The van der Waals surface area contributed by atoms with Gasteiger partial charge in [0.15, 0.2) is 0 Å². The molecule has 1 aliphatic heterocycles. The molecule has 0 aromatic carbocycles. The predicted molar refractivity (Wildman–Crippen MR) is 62.1 cm³/mol. The molecule has 1 rings (SSSR count). The topological polar surface area (TPSA) is 30.5 Å². The monoisotopic (exact) mass is 215 g/mol. The van der Waals surface area contributed by atoms with Crippen molar-refractivity contribution in [1.29, 1.82) is 0 Å². The van der Waals surface area contributed by atoms with E-state index in [9.17, 15) is 0 Å². The van der Waals surface area contributed by atoms with Crippen molar-refractivity contribution in [2.75, 3.05) is 39.5 Å². The molecule has 0 aromatic rings. The molecule has 0 aromatic heterocycles. The summed E-state index contributed by atoms with van der Waals surface area (Å²) in [7, 11) is 0. The van der Waals surface area contributed by atoms with Gasteiger partial charge in [0, 0.05) is 26.3 Å². The Morgan fingerprint density at radius 2 is 2.27 bits per heavy atom. The zero-order valence-electron chi connectivity index (χ0n) is 10.1. The molecule has 90 valence electrons. The van der Waals surface area contributed by atoms with Crippen LogP contribution in [0.2, 0.25) is 0 Å². The molecule has 3 nitrogen and oxygen atoms in total. The third-order valence-electron chi connectivity index (χ3n) is 2.72. The number of ether oxygens (including phenoxy) is 2. The Labute approximate surface area is 93.5 Å². The highest BCUT2D eigenvalue weighted by atomic mass is 16.5. The quantitative estimate of drug-likeness (QED) is 0.625. The zero-order chi connectivity index (χ0) is 10.9. The third kappa shape index (κ3) is 6.88. The normalized spacial score (nSPS) is 21.4. The molecule has 3 heteroatoms. The van der Waals surface area contributed by atoms with Crippen LogP contribution in [0.25, 0.3) is 0 Å². The van der Waals surface area contributed by atoms with E-state index in [0.717, 1.165) is 57.8 Å². The SMILES string of the molecule is CC(C)CCOCCNCC1CCOC1. The summed E-state index contributed by atoms with van der Waals surface area (Å²) in [5, 5.41) is 3.41. The van der Waals surface area contributed by atoms with Gasteiger partial charge in [-0.15, -0.1) is 0 Å². The van der Waals surface area contributed by atoms with Crippen molar-refractivity contribution in [3.63, 3.8) is 0 Å². The first-order valence-electron chi connectivity index (χ1n) is 6.15. The number of hydrogen-bond donors (Lipinski definition) is 1. The van der Waals surface area contributed by atoms with Crippen LogP contribution in [0.1, 0.15) is 26.7 Å². The van der Waals surface area contributed by atoms with E-state index in [0.29, 0.717) is 0 Å². The van der Waals surface area contributed by atoms with Crippen LogP contribution < -0.4 is 5.32 Å². The highest BCUT2D eigenvalue weighted by Gasteiger charge is 2.14. The van der Waals surface area contributed by atoms with Gasteiger partial charge < -0.3 is 14.8 Å². The van der Waals surface area contributed by atoms with Gasteiger partial charge in [-0.3, -0.25) is 0 Å². The molecule has 1 atom stereocenters. The van der Waals surface area contributed by atoms with Crippen LogP contribution >= 0.6 is 0 Å². The van der Waals surface area contributed by atoms with Crippen LogP contribution in [0.4, 0.5) is 0 Å². The minimum Gasteiger partial charge on any atom is -0.381 e. The fourth-order valence-electron chi connectivity index (χ4n) is 1.62. The maximum atomic E-state index is 5.52. The van der Waals surface area contributed by atoms with Crippen LogP contribution in [0.3, 0.4) is 0 Å². The van der Waals surface area contributed by atoms with E-state index in [4.69, 9.17) is 9.47 Å². The Kier molecular flexibility index (Phi) is 6.98. The molecule has 0 bridgehead atoms. The van der Waals surface area contributed by atoms with Crippen molar-refractivity contribution in [3.05, 3.63) is 0 Å². The van der Waals surface area contributed by atoms with Crippen molar-refractivity contribution in [1.82, 2.24) is 5.32 Å². The molecule has 1 fully saturated rings. The van der Waals surface area contributed by atoms with Gasteiger partial charge in [0.2, 0.25) is 0 Å². The largest absolute Gasteiger partial charge is 0.381 e. The molecule has 1 saturated heterocycles. The fraction of sp³-hybridized carbons (Fsp3) is 1.00. The molecule has 0 amide bonds. The van der Waals surface area contributed by atoms with Crippen LogP contribution in [0.5, 0.6) is 0 Å². The van der Waals surface area contributed by atoms with E-state index in [1.165, 1.54) is 6.42 Å². The summed E-state index contributed by atoms with van der Waals surface area (Å²) >= 11 is 0. The molecule has 1 aliphatic rings. The lowest BCUT2D eigenvalue weighted by Crippen LogP contribution is -2.26. The standard InChI is InChI=1S/C12H25NO2/c1-11(2)3-6-14-8-5-13-9-12-4-7-15-10-12/h11-13H,3-10H2,1-2H3. The number of rotatable bonds is 8. The Balaban J connectivity index is 1.76. The smallest absolute Gasteiger partial charge is 0.0590 e. The van der Waals surface area contributed by atoms with Crippen molar-refractivity contribution in [2.45, 2.75) is 26.7 Å². The maximum absolute atomic E-state index is 5.52. The van der Waals surface area contributed by atoms with Gasteiger partial charge >= 0.3 is 0 Å². The van der Waals surface area contributed by atoms with Crippen LogP contribution in [0, 0.1) is 11.8 Å². The van der Waals surface area contributed by atoms with Gasteiger partial charge in [0.25, 0.3) is 0 Å². The minimum absolute atomic E-state index is 0.723. The van der Waals surface area contributed by atoms with E-state index in [2.05, 4.69) is 19.2 Å². The summed E-state index contributed by atoms with van der Waals surface area (Å²) in [6, 6.07) is 0. The fourth-order valence-corrected chi connectivity index (χ4v) is 1.62. The van der Waals surface area contributed by atoms with Gasteiger partial charge in [-0.05, 0) is 24.7 Å². The summed E-state index contributed by atoms with van der Waals surface area (Å²) in [5.74, 6) is 1.47. The molecule has 15 heavy (non-hydrogen) atoms. The summed E-state index contributed by atoms with van der Waals surface area (Å²) < 4.78 is 10.8. The lowest BCUT2D eigenvalue weighted by atomic mass is 10.1. The van der Waals surface area contributed by atoms with E-state index in [1.807, 2.05) is 0 Å². The predicted octanol–water partition coefficient (Wildman–Crippen LogP) is 1.68. The van der Waals surface area contributed by atoms with Crippen LogP contribution in [-0.2, 0) is 9.47 Å². The first-order valence-corrected chi connectivity index (χ1v) is 6.15. The van der Waals surface area contributed by atoms with E-state index < -0.39 is 0 Å². The van der Waals surface area contributed by atoms with Crippen molar-refractivity contribution in [3.8, 4) is 0 Å². The molecule has 1 unspecified atom stereocenters. The van der Waals surface area contributed by atoms with E-state index in [1.54, 1.807) is 0 Å². The molecule has 1 heterocycles. The second-order valence-electron chi connectivity index (χ2n) is 4.73. The average molecular weight is 215 g/mol. The molecule has 0 saturated carbocycles. The summed E-state index contributed by atoms with van der Waals surface area (Å²) in [6.45, 7) is 10.1. The molecule has 0 radical (unpaired) electrons. The highest BCUT2D eigenvalue weighted by molar-refractivity contribution is 4.66. The second kappa shape index (κ2) is 8.08. The first kappa shape index (κ1) is 12.9. The number of hydrogen-bond acceptors (Lipinski definition) is 3. The molecule has 0 spiro atoms. The lowest BCUT2D eigenvalue weighted by Gasteiger charge is -2.10.